The quantitative estimate of drug-likeness (QED) is 0.730. The Labute approximate surface area is 115 Å². The molecule has 0 aromatic heterocycles. The molecule has 1 heterocycles. The Hall–Kier alpha value is -1.36. The third-order valence-electron chi connectivity index (χ3n) is 3.36. The van der Waals surface area contributed by atoms with Crippen LogP contribution in [-0.4, -0.2) is 48.9 Å². The van der Waals surface area contributed by atoms with E-state index in [4.69, 9.17) is 0 Å². The van der Waals surface area contributed by atoms with Gasteiger partial charge in [0.15, 0.2) is 0 Å². The van der Waals surface area contributed by atoms with Crippen LogP contribution in [0.15, 0.2) is 12.2 Å². The van der Waals surface area contributed by atoms with Crippen LogP contribution in [0.4, 0.5) is 0 Å². The number of hydrogen-bond acceptors (Lipinski definition) is 3. The number of carbonyl (C=O) groups excluding carboxylic acids is 2. The number of nitrogens with one attached hydrogen (secondary N) is 2. The van der Waals surface area contributed by atoms with Crippen molar-refractivity contribution >= 4 is 11.8 Å². The normalized spacial score (nSPS) is 18.3. The molecule has 1 aliphatic heterocycles. The first-order valence-electron chi connectivity index (χ1n) is 6.68. The number of carbonyl (C=O) groups is 2. The second kappa shape index (κ2) is 6.19. The van der Waals surface area contributed by atoms with Crippen molar-refractivity contribution in [3.63, 3.8) is 0 Å². The highest BCUT2D eigenvalue weighted by Gasteiger charge is 2.36. The van der Waals surface area contributed by atoms with Gasteiger partial charge < -0.3 is 15.5 Å². The van der Waals surface area contributed by atoms with Gasteiger partial charge in [0.2, 0.25) is 11.8 Å². The summed E-state index contributed by atoms with van der Waals surface area (Å²) >= 11 is 0. The third kappa shape index (κ3) is 4.06. The van der Waals surface area contributed by atoms with Crippen LogP contribution < -0.4 is 10.6 Å². The molecule has 2 atom stereocenters. The van der Waals surface area contributed by atoms with E-state index in [9.17, 15) is 9.59 Å². The predicted octanol–water partition coefficient (Wildman–Crippen LogP) is 0.524. The molecule has 2 amide bonds. The van der Waals surface area contributed by atoms with Crippen LogP contribution in [0.3, 0.4) is 0 Å². The number of rotatable bonds is 4. The SMILES string of the molecule is CNC(C)C(=O)NC(C(=O)N1CC=CC1)C(C)(C)C. The van der Waals surface area contributed by atoms with E-state index >= 15 is 0 Å². The summed E-state index contributed by atoms with van der Waals surface area (Å²) < 4.78 is 0. The van der Waals surface area contributed by atoms with Gasteiger partial charge in [0, 0.05) is 13.1 Å². The summed E-state index contributed by atoms with van der Waals surface area (Å²) in [6.45, 7) is 8.92. The molecule has 0 radical (unpaired) electrons. The Morgan fingerprint density at radius 3 is 2.16 bits per heavy atom. The standard InChI is InChI=1S/C14H25N3O2/c1-10(15-5)12(18)16-11(14(2,3)4)13(19)17-8-6-7-9-17/h6-7,10-11,15H,8-9H2,1-5H3,(H,16,18). The Balaban J connectivity index is 2.78. The lowest BCUT2D eigenvalue weighted by Crippen LogP contribution is -2.57. The van der Waals surface area contributed by atoms with Crippen molar-refractivity contribution in [1.82, 2.24) is 15.5 Å². The van der Waals surface area contributed by atoms with Crippen LogP contribution in [0.2, 0.25) is 0 Å². The molecule has 2 unspecified atom stereocenters. The summed E-state index contributed by atoms with van der Waals surface area (Å²) in [5.41, 5.74) is -0.317. The highest BCUT2D eigenvalue weighted by molar-refractivity contribution is 5.90. The van der Waals surface area contributed by atoms with Crippen molar-refractivity contribution in [3.05, 3.63) is 12.2 Å². The zero-order valence-electron chi connectivity index (χ0n) is 12.5. The fourth-order valence-corrected chi connectivity index (χ4v) is 1.89. The van der Waals surface area contributed by atoms with E-state index in [1.807, 2.05) is 32.9 Å². The van der Waals surface area contributed by atoms with Crippen LogP contribution in [-0.2, 0) is 9.59 Å². The summed E-state index contributed by atoms with van der Waals surface area (Å²) in [5, 5.41) is 5.74. The summed E-state index contributed by atoms with van der Waals surface area (Å²) in [5.74, 6) is -0.169. The molecule has 0 aromatic rings. The van der Waals surface area contributed by atoms with E-state index in [2.05, 4.69) is 10.6 Å². The van der Waals surface area contributed by atoms with Crippen molar-refractivity contribution in [3.8, 4) is 0 Å². The average Bonchev–Trinajstić information content (AvgIpc) is 2.86. The highest BCUT2D eigenvalue weighted by Crippen LogP contribution is 2.22. The van der Waals surface area contributed by atoms with Gasteiger partial charge in [0.05, 0.1) is 6.04 Å². The lowest BCUT2D eigenvalue weighted by molar-refractivity contribution is -0.138. The van der Waals surface area contributed by atoms with Crippen LogP contribution >= 0.6 is 0 Å². The molecular weight excluding hydrogens is 242 g/mol. The minimum atomic E-state index is -0.504. The molecule has 0 saturated heterocycles. The Morgan fingerprint density at radius 2 is 1.74 bits per heavy atom. The third-order valence-corrected chi connectivity index (χ3v) is 3.36. The molecule has 1 rings (SSSR count). The average molecular weight is 267 g/mol. The number of likely N-dealkylation sites (N-methyl/N-ethyl adjacent to an activating group) is 1. The second-order valence-electron chi connectivity index (χ2n) is 6.03. The molecule has 108 valence electrons. The van der Waals surface area contributed by atoms with Gasteiger partial charge >= 0.3 is 0 Å². The first-order chi connectivity index (χ1) is 8.77. The van der Waals surface area contributed by atoms with Crippen LogP contribution in [0.1, 0.15) is 27.7 Å². The van der Waals surface area contributed by atoms with E-state index in [1.54, 1.807) is 18.9 Å². The number of hydrogen-bond donors (Lipinski definition) is 2. The van der Waals surface area contributed by atoms with Crippen molar-refractivity contribution in [1.29, 1.82) is 0 Å². The predicted molar refractivity (Wildman–Crippen MR) is 75.6 cm³/mol. The van der Waals surface area contributed by atoms with Crippen molar-refractivity contribution in [2.45, 2.75) is 39.8 Å². The van der Waals surface area contributed by atoms with Gasteiger partial charge in [-0.25, -0.2) is 0 Å². The molecule has 0 aromatic carbocycles. The molecule has 5 heteroatoms. The van der Waals surface area contributed by atoms with Gasteiger partial charge in [-0.05, 0) is 19.4 Å². The number of amides is 2. The molecule has 0 fully saturated rings. The van der Waals surface area contributed by atoms with E-state index < -0.39 is 6.04 Å². The van der Waals surface area contributed by atoms with E-state index in [1.165, 1.54) is 0 Å². The molecule has 1 aliphatic rings. The molecular formula is C14H25N3O2. The maximum Gasteiger partial charge on any atom is 0.246 e. The number of nitrogens with zero attached hydrogens (tertiary/aromatic N) is 1. The van der Waals surface area contributed by atoms with Crippen LogP contribution in [0, 0.1) is 5.41 Å². The van der Waals surface area contributed by atoms with Gasteiger partial charge in [-0.2, -0.15) is 0 Å². The first kappa shape index (κ1) is 15.7. The lowest BCUT2D eigenvalue weighted by atomic mass is 9.85. The molecule has 5 nitrogen and oxygen atoms in total. The van der Waals surface area contributed by atoms with Crippen LogP contribution in [0.5, 0.6) is 0 Å². The van der Waals surface area contributed by atoms with E-state index in [0.717, 1.165) is 0 Å². The first-order valence-corrected chi connectivity index (χ1v) is 6.68. The summed E-state index contributed by atoms with van der Waals surface area (Å²) in [6, 6.07) is -0.815. The van der Waals surface area contributed by atoms with Gasteiger partial charge in [0.1, 0.15) is 6.04 Å². The molecule has 2 N–H and O–H groups in total. The zero-order chi connectivity index (χ0) is 14.6. The lowest BCUT2D eigenvalue weighted by Gasteiger charge is -2.34. The molecule has 0 spiro atoms. The topological polar surface area (TPSA) is 61.4 Å². The van der Waals surface area contributed by atoms with Gasteiger partial charge in [-0.15, -0.1) is 0 Å². The fraction of sp³-hybridized carbons (Fsp3) is 0.714. The summed E-state index contributed by atoms with van der Waals surface area (Å²) in [4.78, 5) is 26.2. The van der Waals surface area contributed by atoms with E-state index in [-0.39, 0.29) is 23.3 Å². The Bertz CT molecular complexity index is 363. The Kier molecular flexibility index (Phi) is 5.11. The molecule has 0 bridgehead atoms. The minimum Gasteiger partial charge on any atom is -0.342 e. The largest absolute Gasteiger partial charge is 0.342 e. The van der Waals surface area contributed by atoms with Gasteiger partial charge in [-0.1, -0.05) is 32.9 Å². The second-order valence-corrected chi connectivity index (χ2v) is 6.03. The van der Waals surface area contributed by atoms with Crippen molar-refractivity contribution in [2.75, 3.05) is 20.1 Å². The van der Waals surface area contributed by atoms with Crippen molar-refractivity contribution in [2.24, 2.45) is 5.41 Å². The highest BCUT2D eigenvalue weighted by atomic mass is 16.2. The zero-order valence-corrected chi connectivity index (χ0v) is 12.5. The summed E-state index contributed by atoms with van der Waals surface area (Å²) in [6.07, 6.45) is 3.94. The van der Waals surface area contributed by atoms with Gasteiger partial charge in [0.25, 0.3) is 0 Å². The van der Waals surface area contributed by atoms with Gasteiger partial charge in [-0.3, -0.25) is 9.59 Å². The molecule has 0 aliphatic carbocycles. The molecule has 19 heavy (non-hydrogen) atoms. The van der Waals surface area contributed by atoms with E-state index in [0.29, 0.717) is 13.1 Å². The van der Waals surface area contributed by atoms with Crippen LogP contribution in [0.25, 0.3) is 0 Å². The summed E-state index contributed by atoms with van der Waals surface area (Å²) in [7, 11) is 1.72. The Morgan fingerprint density at radius 1 is 1.21 bits per heavy atom. The minimum absolute atomic E-state index is 0.0193. The van der Waals surface area contributed by atoms with Crippen molar-refractivity contribution < 1.29 is 9.59 Å². The monoisotopic (exact) mass is 267 g/mol. The fourth-order valence-electron chi connectivity index (χ4n) is 1.89. The smallest absolute Gasteiger partial charge is 0.246 e. The maximum absolute atomic E-state index is 12.5. The molecule has 0 saturated carbocycles. The maximum atomic E-state index is 12.5.